The number of aromatic nitrogens is 4. The van der Waals surface area contributed by atoms with Gasteiger partial charge in [0.1, 0.15) is 0 Å². The maximum atomic E-state index is 11.9. The molecule has 3 aromatic rings. The molecular weight excluding hydrogens is 298 g/mol. The van der Waals surface area contributed by atoms with Crippen LogP contribution in [0.3, 0.4) is 0 Å². The standard InChI is InChI=1S/C14H13N7O2/c1-7-3-5-9(6-4-7)20-21-14-16-10-11(18-14)17-13(15-8(2)22)19-12(10)23/h3-6H,1-2H3,(H3,15,16,17,18,19,22,23)/b21-20+. The van der Waals surface area contributed by atoms with E-state index in [0.29, 0.717) is 5.69 Å². The van der Waals surface area contributed by atoms with Crippen LogP contribution in [0.2, 0.25) is 0 Å². The van der Waals surface area contributed by atoms with Crippen molar-refractivity contribution in [1.82, 2.24) is 19.9 Å². The van der Waals surface area contributed by atoms with Crippen molar-refractivity contribution in [3.05, 3.63) is 40.2 Å². The SMILES string of the molecule is CC(=O)Nc1nc2[nH]c(/N=N/c3ccc(C)cc3)nc2c(=O)[nH]1. The highest BCUT2D eigenvalue weighted by Gasteiger charge is 2.10. The molecule has 1 amide bonds. The van der Waals surface area contributed by atoms with Crippen LogP contribution in [0, 0.1) is 6.92 Å². The molecule has 0 saturated heterocycles. The van der Waals surface area contributed by atoms with Crippen molar-refractivity contribution in [2.24, 2.45) is 10.2 Å². The molecule has 0 fully saturated rings. The van der Waals surface area contributed by atoms with E-state index in [-0.39, 0.29) is 29.0 Å². The van der Waals surface area contributed by atoms with Crippen LogP contribution < -0.4 is 10.9 Å². The van der Waals surface area contributed by atoms with Crippen molar-refractivity contribution < 1.29 is 4.79 Å². The van der Waals surface area contributed by atoms with E-state index in [9.17, 15) is 9.59 Å². The number of anilines is 1. The lowest BCUT2D eigenvalue weighted by atomic mass is 10.2. The minimum atomic E-state index is -0.480. The third-order valence-corrected chi connectivity index (χ3v) is 2.93. The number of aryl methyl sites for hydroxylation is 1. The van der Waals surface area contributed by atoms with Crippen molar-refractivity contribution in [1.29, 1.82) is 0 Å². The van der Waals surface area contributed by atoms with Gasteiger partial charge in [0.05, 0.1) is 5.69 Å². The van der Waals surface area contributed by atoms with Crippen LogP contribution in [0.15, 0.2) is 39.3 Å². The number of carbonyl (C=O) groups excluding carboxylic acids is 1. The van der Waals surface area contributed by atoms with Crippen molar-refractivity contribution in [2.45, 2.75) is 13.8 Å². The molecule has 9 heteroatoms. The lowest BCUT2D eigenvalue weighted by molar-refractivity contribution is -0.114. The predicted octanol–water partition coefficient (Wildman–Crippen LogP) is 2.33. The van der Waals surface area contributed by atoms with Gasteiger partial charge in [0.15, 0.2) is 11.2 Å². The van der Waals surface area contributed by atoms with Gasteiger partial charge in [0.25, 0.3) is 5.56 Å². The molecule has 0 bridgehead atoms. The fourth-order valence-corrected chi connectivity index (χ4v) is 1.89. The number of nitrogens with zero attached hydrogens (tertiary/aromatic N) is 4. The minimum Gasteiger partial charge on any atom is -0.305 e. The zero-order chi connectivity index (χ0) is 16.4. The van der Waals surface area contributed by atoms with Crippen molar-refractivity contribution >= 4 is 34.7 Å². The lowest BCUT2D eigenvalue weighted by Gasteiger charge is -1.98. The Morgan fingerprint density at radius 2 is 1.87 bits per heavy atom. The molecule has 3 rings (SSSR count). The fraction of sp³-hybridized carbons (Fsp3) is 0.143. The fourth-order valence-electron chi connectivity index (χ4n) is 1.89. The number of aromatic amines is 2. The zero-order valence-corrected chi connectivity index (χ0v) is 12.4. The molecule has 0 unspecified atom stereocenters. The Hall–Kier alpha value is -3.36. The maximum Gasteiger partial charge on any atom is 0.280 e. The summed E-state index contributed by atoms with van der Waals surface area (Å²) in [5.74, 6) is -0.148. The first-order valence-corrected chi connectivity index (χ1v) is 6.77. The van der Waals surface area contributed by atoms with Gasteiger partial charge in [-0.15, -0.1) is 10.2 Å². The lowest BCUT2D eigenvalue weighted by Crippen LogP contribution is -2.15. The van der Waals surface area contributed by atoms with E-state index in [1.807, 2.05) is 31.2 Å². The topological polar surface area (TPSA) is 128 Å². The van der Waals surface area contributed by atoms with E-state index < -0.39 is 5.56 Å². The van der Waals surface area contributed by atoms with Crippen LogP contribution in [0.4, 0.5) is 17.6 Å². The quantitative estimate of drug-likeness (QED) is 0.641. The Balaban J connectivity index is 1.93. The number of hydrogen-bond acceptors (Lipinski definition) is 6. The molecular formula is C14H13N7O2. The van der Waals surface area contributed by atoms with Crippen molar-refractivity contribution in [2.75, 3.05) is 5.32 Å². The first-order valence-electron chi connectivity index (χ1n) is 6.77. The molecule has 2 heterocycles. The molecule has 2 aromatic heterocycles. The molecule has 23 heavy (non-hydrogen) atoms. The van der Waals surface area contributed by atoms with E-state index in [1.54, 1.807) is 0 Å². The number of amides is 1. The van der Waals surface area contributed by atoms with E-state index in [0.717, 1.165) is 5.56 Å². The van der Waals surface area contributed by atoms with Gasteiger partial charge >= 0.3 is 0 Å². The molecule has 1 aromatic carbocycles. The summed E-state index contributed by atoms with van der Waals surface area (Å²) in [7, 11) is 0. The predicted molar refractivity (Wildman–Crippen MR) is 84.2 cm³/mol. The molecule has 0 atom stereocenters. The first kappa shape index (κ1) is 14.6. The largest absolute Gasteiger partial charge is 0.305 e. The van der Waals surface area contributed by atoms with Gasteiger partial charge in [-0.2, -0.15) is 4.98 Å². The zero-order valence-electron chi connectivity index (χ0n) is 12.4. The maximum absolute atomic E-state index is 11.9. The average Bonchev–Trinajstić information content (AvgIpc) is 2.89. The van der Waals surface area contributed by atoms with Crippen molar-refractivity contribution in [3.8, 4) is 0 Å². The number of fused-ring (bicyclic) bond motifs is 1. The Bertz CT molecular complexity index is 953. The number of benzene rings is 1. The summed E-state index contributed by atoms with van der Waals surface area (Å²) in [5, 5.41) is 10.4. The molecule has 3 N–H and O–H groups in total. The summed E-state index contributed by atoms with van der Waals surface area (Å²) in [6, 6.07) is 7.47. The summed E-state index contributed by atoms with van der Waals surface area (Å²) in [4.78, 5) is 36.2. The number of imidazole rings is 1. The van der Waals surface area contributed by atoms with E-state index in [2.05, 4.69) is 35.5 Å². The van der Waals surface area contributed by atoms with E-state index in [1.165, 1.54) is 6.92 Å². The minimum absolute atomic E-state index is 0.0423. The van der Waals surface area contributed by atoms with Gasteiger partial charge < -0.3 is 4.98 Å². The third kappa shape index (κ3) is 3.28. The first-order chi connectivity index (χ1) is 11.0. The van der Waals surface area contributed by atoms with Crippen LogP contribution in [-0.4, -0.2) is 25.8 Å². The van der Waals surface area contributed by atoms with Gasteiger partial charge in [0.2, 0.25) is 17.8 Å². The Labute approximate surface area is 129 Å². The molecule has 0 aliphatic carbocycles. The van der Waals surface area contributed by atoms with Crippen LogP contribution in [0.5, 0.6) is 0 Å². The second-order valence-corrected chi connectivity index (χ2v) is 4.89. The molecule has 0 spiro atoms. The highest BCUT2D eigenvalue weighted by Crippen LogP contribution is 2.18. The smallest absolute Gasteiger partial charge is 0.280 e. The van der Waals surface area contributed by atoms with Gasteiger partial charge in [-0.1, -0.05) is 17.7 Å². The summed E-state index contributed by atoms with van der Waals surface area (Å²) >= 11 is 0. The number of azo groups is 1. The van der Waals surface area contributed by atoms with E-state index >= 15 is 0 Å². The van der Waals surface area contributed by atoms with Gasteiger partial charge in [-0.3, -0.25) is 19.9 Å². The summed E-state index contributed by atoms with van der Waals surface area (Å²) in [6.45, 7) is 3.29. The molecule has 0 aliphatic heterocycles. The molecule has 116 valence electrons. The number of nitrogens with one attached hydrogen (secondary N) is 3. The molecule has 0 aliphatic rings. The van der Waals surface area contributed by atoms with Crippen LogP contribution >= 0.6 is 0 Å². The van der Waals surface area contributed by atoms with Crippen LogP contribution in [-0.2, 0) is 4.79 Å². The van der Waals surface area contributed by atoms with Crippen LogP contribution in [0.25, 0.3) is 11.2 Å². The highest BCUT2D eigenvalue weighted by molar-refractivity contribution is 5.87. The number of H-pyrrole nitrogens is 2. The van der Waals surface area contributed by atoms with Crippen LogP contribution in [0.1, 0.15) is 12.5 Å². The Morgan fingerprint density at radius 1 is 1.13 bits per heavy atom. The molecule has 9 nitrogen and oxygen atoms in total. The number of carbonyl (C=O) groups is 1. The van der Waals surface area contributed by atoms with Gasteiger partial charge in [-0.25, -0.2) is 4.98 Å². The monoisotopic (exact) mass is 311 g/mol. The van der Waals surface area contributed by atoms with Gasteiger partial charge in [-0.05, 0) is 19.1 Å². The Kier molecular flexibility index (Phi) is 3.67. The van der Waals surface area contributed by atoms with E-state index in [4.69, 9.17) is 0 Å². The number of hydrogen-bond donors (Lipinski definition) is 3. The van der Waals surface area contributed by atoms with Gasteiger partial charge in [0, 0.05) is 6.92 Å². The second-order valence-electron chi connectivity index (χ2n) is 4.89. The second kappa shape index (κ2) is 5.79. The Morgan fingerprint density at radius 3 is 2.57 bits per heavy atom. The highest BCUT2D eigenvalue weighted by atomic mass is 16.1. The summed E-state index contributed by atoms with van der Waals surface area (Å²) < 4.78 is 0. The molecule has 0 saturated carbocycles. The summed E-state index contributed by atoms with van der Waals surface area (Å²) in [6.07, 6.45) is 0. The average molecular weight is 311 g/mol. The summed E-state index contributed by atoms with van der Waals surface area (Å²) in [5.41, 5.74) is 1.62. The van der Waals surface area contributed by atoms with Crippen molar-refractivity contribution in [3.63, 3.8) is 0 Å². The third-order valence-electron chi connectivity index (χ3n) is 2.93. The normalized spacial score (nSPS) is 11.2. The number of rotatable bonds is 3. The molecule has 0 radical (unpaired) electrons.